The number of rotatable bonds is 12. The molecular formula is C31H47N5O6. The molecule has 3 aliphatic carbocycles. The monoisotopic (exact) mass is 585 g/mol. The number of carbonyl (C=O) groups is 6. The summed E-state index contributed by atoms with van der Waals surface area (Å²) in [5.41, 5.74) is -0.677. The lowest BCUT2D eigenvalue weighted by molar-refractivity contribution is -0.148. The van der Waals surface area contributed by atoms with Crippen molar-refractivity contribution in [3.63, 3.8) is 0 Å². The summed E-state index contributed by atoms with van der Waals surface area (Å²) in [4.78, 5) is 83.0. The van der Waals surface area contributed by atoms with Gasteiger partial charge in [0.15, 0.2) is 0 Å². The maximum absolute atomic E-state index is 14.1. The minimum Gasteiger partial charge on any atom is -0.347 e. The highest BCUT2D eigenvalue weighted by Gasteiger charge is 2.51. The molecule has 2 aliphatic heterocycles. The molecule has 232 valence electrons. The van der Waals surface area contributed by atoms with Gasteiger partial charge in [0.2, 0.25) is 29.4 Å². The number of Topliss-reactive ketones (excluding diaryl/α,β-unsaturated/α-hetero) is 1. The smallest absolute Gasteiger partial charge is 0.289 e. The van der Waals surface area contributed by atoms with E-state index in [1.165, 1.54) is 4.90 Å². The Morgan fingerprint density at radius 2 is 1.57 bits per heavy atom. The Hall–Kier alpha value is -2.98. The number of hydrogen-bond acceptors (Lipinski definition) is 6. The van der Waals surface area contributed by atoms with Crippen molar-refractivity contribution in [1.82, 2.24) is 25.8 Å². The van der Waals surface area contributed by atoms with Crippen molar-refractivity contribution in [2.45, 2.75) is 122 Å². The first kappa shape index (κ1) is 30.5. The fourth-order valence-electron chi connectivity index (χ4n) is 6.78. The highest BCUT2D eigenvalue weighted by molar-refractivity contribution is 6.38. The molecule has 0 radical (unpaired) electrons. The van der Waals surface area contributed by atoms with E-state index in [0.717, 1.165) is 64.3 Å². The summed E-state index contributed by atoms with van der Waals surface area (Å²) < 4.78 is 0. The largest absolute Gasteiger partial charge is 0.347 e. The van der Waals surface area contributed by atoms with Gasteiger partial charge in [-0.3, -0.25) is 28.8 Å². The molecule has 0 aromatic rings. The van der Waals surface area contributed by atoms with Crippen LogP contribution in [0.1, 0.15) is 91.4 Å². The normalized spacial score (nSPS) is 26.0. The lowest BCUT2D eigenvalue weighted by Gasteiger charge is -2.41. The Morgan fingerprint density at radius 1 is 0.929 bits per heavy atom. The number of nitrogens with zero attached hydrogens (tertiary/aromatic N) is 2. The summed E-state index contributed by atoms with van der Waals surface area (Å²) in [6, 6.07) is -2.57. The first-order chi connectivity index (χ1) is 19.8. The lowest BCUT2D eigenvalue weighted by atomic mass is 9.78. The number of carbonyl (C=O) groups excluding carboxylic acids is 6. The van der Waals surface area contributed by atoms with E-state index in [2.05, 4.69) is 16.0 Å². The zero-order chi connectivity index (χ0) is 30.3. The molecule has 42 heavy (non-hydrogen) atoms. The first-order valence-electron chi connectivity index (χ1n) is 15.9. The third-order valence-corrected chi connectivity index (χ3v) is 9.93. The summed E-state index contributed by atoms with van der Waals surface area (Å²) in [6.07, 6.45) is 8.40. The lowest BCUT2D eigenvalue weighted by Crippen LogP contribution is -2.61. The van der Waals surface area contributed by atoms with E-state index in [1.807, 2.05) is 0 Å². The van der Waals surface area contributed by atoms with Crippen LogP contribution in [0.3, 0.4) is 0 Å². The first-order valence-corrected chi connectivity index (χ1v) is 15.9. The molecule has 0 bridgehead atoms. The number of fused-ring (bicyclic) bond motifs is 1. The second-order valence-electron chi connectivity index (χ2n) is 14.3. The van der Waals surface area contributed by atoms with Gasteiger partial charge in [0.1, 0.15) is 12.1 Å². The molecule has 5 amide bonds. The molecule has 2 heterocycles. The van der Waals surface area contributed by atoms with Crippen molar-refractivity contribution >= 4 is 35.3 Å². The minimum atomic E-state index is -1.15. The highest BCUT2D eigenvalue weighted by atomic mass is 16.2. The van der Waals surface area contributed by atoms with Crippen molar-refractivity contribution in [2.24, 2.45) is 23.2 Å². The van der Waals surface area contributed by atoms with Crippen LogP contribution in [0, 0.1) is 23.2 Å². The van der Waals surface area contributed by atoms with Gasteiger partial charge >= 0.3 is 0 Å². The molecule has 5 aliphatic rings. The molecule has 11 nitrogen and oxygen atoms in total. The van der Waals surface area contributed by atoms with Crippen LogP contribution in [0.4, 0.5) is 0 Å². The van der Waals surface area contributed by atoms with Gasteiger partial charge in [-0.15, -0.1) is 0 Å². The SMILES string of the molecule is CN(C(=O)[C@H](NC(=O)C(C)(C)C)C1CCCC1)[C@H](C(=O)N[C@@H](C[C@@H]1CC2CN2C1=O)C(=O)C(=O)NC1CC1)C1CCC1. The topological polar surface area (TPSA) is 145 Å². The average molecular weight is 586 g/mol. The molecule has 0 aromatic heterocycles. The average Bonchev–Trinajstić information content (AvgIpc) is 3.80. The second-order valence-corrected chi connectivity index (χ2v) is 14.3. The predicted molar refractivity (Wildman–Crippen MR) is 154 cm³/mol. The van der Waals surface area contributed by atoms with E-state index in [4.69, 9.17) is 0 Å². The molecule has 5 atom stereocenters. The number of hydrogen-bond donors (Lipinski definition) is 3. The number of piperidine rings is 1. The summed E-state index contributed by atoms with van der Waals surface area (Å²) in [6.45, 7) is 6.14. The van der Waals surface area contributed by atoms with Crippen LogP contribution in [-0.2, 0) is 28.8 Å². The molecule has 5 rings (SSSR count). The van der Waals surface area contributed by atoms with Crippen molar-refractivity contribution < 1.29 is 28.8 Å². The Bertz CT molecular complexity index is 1120. The highest BCUT2D eigenvalue weighted by Crippen LogP contribution is 2.38. The zero-order valence-electron chi connectivity index (χ0n) is 25.4. The van der Waals surface area contributed by atoms with Crippen LogP contribution in [0.2, 0.25) is 0 Å². The Balaban J connectivity index is 1.33. The number of nitrogens with one attached hydrogen (secondary N) is 3. The summed E-state index contributed by atoms with van der Waals surface area (Å²) in [5.74, 6) is -3.06. The van der Waals surface area contributed by atoms with Crippen LogP contribution in [0.25, 0.3) is 0 Å². The van der Waals surface area contributed by atoms with E-state index >= 15 is 0 Å². The maximum atomic E-state index is 14.1. The Kier molecular flexibility index (Phi) is 8.67. The van der Waals surface area contributed by atoms with Gasteiger partial charge in [-0.1, -0.05) is 40.0 Å². The van der Waals surface area contributed by atoms with Crippen LogP contribution >= 0.6 is 0 Å². The Morgan fingerprint density at radius 3 is 2.10 bits per heavy atom. The van der Waals surface area contributed by atoms with Gasteiger partial charge in [-0.2, -0.15) is 0 Å². The number of ketones is 1. The van der Waals surface area contributed by atoms with Crippen LogP contribution in [0.5, 0.6) is 0 Å². The summed E-state index contributed by atoms with van der Waals surface area (Å²) in [7, 11) is 1.61. The molecule has 11 heteroatoms. The molecular weight excluding hydrogens is 538 g/mol. The molecule has 0 aromatic carbocycles. The van der Waals surface area contributed by atoms with Crippen LogP contribution < -0.4 is 16.0 Å². The second kappa shape index (κ2) is 12.0. The van der Waals surface area contributed by atoms with Crippen LogP contribution in [-0.4, -0.2) is 88.9 Å². The predicted octanol–water partition coefficient (Wildman–Crippen LogP) is 1.29. The van der Waals surface area contributed by atoms with Crippen LogP contribution in [0.15, 0.2) is 0 Å². The molecule has 0 spiro atoms. The Labute approximate surface area is 248 Å². The van der Waals surface area contributed by atoms with E-state index in [1.54, 1.807) is 32.7 Å². The van der Waals surface area contributed by atoms with E-state index in [-0.39, 0.29) is 48.1 Å². The standard InChI is InChI=1S/C31H47N5O6/c1-31(2,3)30(42)34-23(17-8-5-6-9-17)29(41)35(4)24(18-10-7-11-18)26(38)33-22(25(37)27(39)32-20-12-13-20)15-19-14-21-16-36(21)28(19)40/h17-24H,5-16H2,1-4H3,(H,32,39)(H,33,38)(H,34,42)/t19-,21?,22-,23+,24-,36?/m0/s1. The van der Waals surface area contributed by atoms with Crippen molar-refractivity contribution in [2.75, 3.05) is 13.6 Å². The third kappa shape index (κ3) is 6.64. The molecule has 3 N–H and O–H groups in total. The summed E-state index contributed by atoms with van der Waals surface area (Å²) in [5, 5.41) is 8.54. The van der Waals surface area contributed by atoms with Crippen molar-refractivity contribution in [3.05, 3.63) is 0 Å². The zero-order valence-corrected chi connectivity index (χ0v) is 25.4. The van der Waals surface area contributed by atoms with Crippen molar-refractivity contribution in [3.8, 4) is 0 Å². The number of likely N-dealkylation sites (N-methyl/N-ethyl adjacent to an activating group) is 1. The van der Waals surface area contributed by atoms with Gasteiger partial charge in [-0.25, -0.2) is 0 Å². The van der Waals surface area contributed by atoms with Crippen molar-refractivity contribution in [1.29, 1.82) is 0 Å². The maximum Gasteiger partial charge on any atom is 0.289 e. The van der Waals surface area contributed by atoms with Gasteiger partial charge in [0, 0.05) is 31.0 Å². The quantitative estimate of drug-likeness (QED) is 0.233. The fraction of sp³-hybridized carbons (Fsp3) is 0.806. The molecule has 5 fully saturated rings. The molecule has 1 unspecified atom stereocenters. The molecule has 3 saturated carbocycles. The van der Waals surface area contributed by atoms with E-state index in [0.29, 0.717) is 6.42 Å². The van der Waals surface area contributed by atoms with Gasteiger partial charge in [-0.05, 0) is 63.2 Å². The fourth-order valence-corrected chi connectivity index (χ4v) is 6.78. The van der Waals surface area contributed by atoms with E-state index < -0.39 is 47.1 Å². The van der Waals surface area contributed by atoms with Gasteiger partial charge in [0.05, 0.1) is 12.1 Å². The van der Waals surface area contributed by atoms with Gasteiger partial charge in [0.25, 0.3) is 5.91 Å². The molecule has 2 saturated heterocycles. The summed E-state index contributed by atoms with van der Waals surface area (Å²) >= 11 is 0. The van der Waals surface area contributed by atoms with E-state index in [9.17, 15) is 28.8 Å². The third-order valence-electron chi connectivity index (χ3n) is 9.93. The number of amides is 5. The minimum absolute atomic E-state index is 0.00777. The van der Waals surface area contributed by atoms with Gasteiger partial charge < -0.3 is 25.8 Å².